The second-order valence-corrected chi connectivity index (χ2v) is 13.5. The van der Waals surface area contributed by atoms with E-state index in [-0.39, 0.29) is 18.5 Å². The Morgan fingerprint density at radius 2 is 0.889 bits per heavy atom. The molecule has 0 spiro atoms. The first-order valence-corrected chi connectivity index (χ1v) is 19.7. The number of esters is 2. The van der Waals surface area contributed by atoms with Crippen molar-refractivity contribution in [3.8, 4) is 0 Å². The fourth-order valence-electron chi connectivity index (χ4n) is 6.11. The Labute approximate surface area is 280 Å². The monoisotopic (exact) mass is 640 g/mol. The summed E-state index contributed by atoms with van der Waals surface area (Å²) in [5.41, 5.74) is 0. The van der Waals surface area contributed by atoms with Gasteiger partial charge < -0.3 is 19.5 Å². The van der Waals surface area contributed by atoms with E-state index >= 15 is 0 Å². The van der Waals surface area contributed by atoms with Gasteiger partial charge in [-0.2, -0.15) is 0 Å². The van der Waals surface area contributed by atoms with E-state index in [1.807, 2.05) is 0 Å². The molecule has 0 aliphatic heterocycles. The highest BCUT2D eigenvalue weighted by Crippen LogP contribution is 2.23. The van der Waals surface area contributed by atoms with Crippen LogP contribution in [0.15, 0.2) is 0 Å². The molecule has 1 N–H and O–H groups in total. The highest BCUT2D eigenvalue weighted by Gasteiger charge is 2.10. The zero-order valence-electron chi connectivity index (χ0n) is 30.4. The Bertz CT molecular complexity index is 629. The average molecular weight is 640 g/mol. The van der Waals surface area contributed by atoms with Crippen LogP contribution in [0.3, 0.4) is 0 Å². The number of nitrogens with zero attached hydrogens (tertiary/aromatic N) is 1. The van der Waals surface area contributed by atoms with Gasteiger partial charge in [-0.05, 0) is 64.0 Å². The van der Waals surface area contributed by atoms with Gasteiger partial charge in [-0.25, -0.2) is 0 Å². The lowest BCUT2D eigenvalue weighted by Crippen LogP contribution is -2.29. The van der Waals surface area contributed by atoms with Gasteiger partial charge in [-0.3, -0.25) is 9.59 Å². The summed E-state index contributed by atoms with van der Waals surface area (Å²) in [4.78, 5) is 26.5. The lowest BCUT2D eigenvalue weighted by atomic mass is 9.90. The summed E-state index contributed by atoms with van der Waals surface area (Å²) >= 11 is 0. The SMILES string of the molecule is CCCCCCCCCCOC(=O)CCCCCN(CCO)CCCCCC(=O)OCCCCC(CCCC)CCCCCC. The van der Waals surface area contributed by atoms with Gasteiger partial charge in [0.15, 0.2) is 0 Å². The van der Waals surface area contributed by atoms with Gasteiger partial charge in [0.05, 0.1) is 19.8 Å². The number of aliphatic hydroxyl groups excluding tert-OH is 1. The lowest BCUT2D eigenvalue weighted by Gasteiger charge is -2.21. The summed E-state index contributed by atoms with van der Waals surface area (Å²) < 4.78 is 10.9. The van der Waals surface area contributed by atoms with Gasteiger partial charge in [0.1, 0.15) is 0 Å². The summed E-state index contributed by atoms with van der Waals surface area (Å²) in [7, 11) is 0. The van der Waals surface area contributed by atoms with Crippen molar-refractivity contribution in [2.24, 2.45) is 5.92 Å². The van der Waals surface area contributed by atoms with Crippen molar-refractivity contribution >= 4 is 11.9 Å². The van der Waals surface area contributed by atoms with Gasteiger partial charge in [-0.1, -0.05) is 136 Å². The van der Waals surface area contributed by atoms with Crippen LogP contribution in [0.5, 0.6) is 0 Å². The van der Waals surface area contributed by atoms with E-state index in [0.29, 0.717) is 32.6 Å². The molecule has 268 valence electrons. The van der Waals surface area contributed by atoms with E-state index < -0.39 is 0 Å². The van der Waals surface area contributed by atoms with Crippen molar-refractivity contribution in [3.05, 3.63) is 0 Å². The van der Waals surface area contributed by atoms with E-state index in [4.69, 9.17) is 9.47 Å². The molecular formula is C39H77NO5. The molecular weight excluding hydrogens is 562 g/mol. The summed E-state index contributed by atoms with van der Waals surface area (Å²) in [6.07, 6.45) is 30.9. The van der Waals surface area contributed by atoms with Crippen LogP contribution in [-0.4, -0.2) is 61.4 Å². The van der Waals surface area contributed by atoms with Crippen molar-refractivity contribution in [2.45, 2.75) is 194 Å². The Balaban J connectivity index is 3.77. The molecule has 0 radical (unpaired) electrons. The summed E-state index contributed by atoms with van der Waals surface area (Å²) in [5, 5.41) is 9.46. The van der Waals surface area contributed by atoms with Crippen molar-refractivity contribution in [2.75, 3.05) is 39.5 Å². The molecule has 0 fully saturated rings. The molecule has 0 heterocycles. The first-order chi connectivity index (χ1) is 22.1. The third kappa shape index (κ3) is 32.6. The summed E-state index contributed by atoms with van der Waals surface area (Å²) in [6.45, 7) is 10.6. The molecule has 6 heteroatoms. The molecule has 0 amide bonds. The van der Waals surface area contributed by atoms with Crippen LogP contribution in [-0.2, 0) is 19.1 Å². The highest BCUT2D eigenvalue weighted by atomic mass is 16.5. The molecule has 0 rings (SSSR count). The number of aliphatic hydroxyl groups is 1. The molecule has 0 saturated carbocycles. The van der Waals surface area contributed by atoms with Crippen LogP contribution in [0, 0.1) is 5.92 Å². The molecule has 0 aromatic heterocycles. The molecule has 0 aromatic rings. The average Bonchev–Trinajstić information content (AvgIpc) is 3.03. The number of carbonyl (C=O) groups is 2. The van der Waals surface area contributed by atoms with Crippen LogP contribution >= 0.6 is 0 Å². The molecule has 1 unspecified atom stereocenters. The smallest absolute Gasteiger partial charge is 0.305 e. The van der Waals surface area contributed by atoms with Gasteiger partial charge in [-0.15, -0.1) is 0 Å². The van der Waals surface area contributed by atoms with Crippen LogP contribution < -0.4 is 0 Å². The van der Waals surface area contributed by atoms with Crippen molar-refractivity contribution in [3.63, 3.8) is 0 Å². The van der Waals surface area contributed by atoms with Crippen LogP contribution in [0.1, 0.15) is 194 Å². The summed E-state index contributed by atoms with van der Waals surface area (Å²) in [6, 6.07) is 0. The minimum atomic E-state index is -0.0621. The van der Waals surface area contributed by atoms with E-state index in [2.05, 4.69) is 25.7 Å². The largest absolute Gasteiger partial charge is 0.466 e. The number of carbonyl (C=O) groups excluding carboxylic acids is 2. The van der Waals surface area contributed by atoms with Gasteiger partial charge in [0.25, 0.3) is 0 Å². The number of unbranched alkanes of at least 4 members (excludes halogenated alkanes) is 16. The van der Waals surface area contributed by atoms with Gasteiger partial charge >= 0.3 is 11.9 Å². The molecule has 0 saturated heterocycles. The molecule has 0 aliphatic carbocycles. The van der Waals surface area contributed by atoms with Crippen LogP contribution in [0.2, 0.25) is 0 Å². The van der Waals surface area contributed by atoms with E-state index in [1.165, 1.54) is 103 Å². The van der Waals surface area contributed by atoms with E-state index in [9.17, 15) is 14.7 Å². The first kappa shape index (κ1) is 43.9. The third-order valence-corrected chi connectivity index (χ3v) is 9.09. The van der Waals surface area contributed by atoms with Crippen molar-refractivity contribution < 1.29 is 24.2 Å². The Morgan fingerprint density at radius 1 is 0.489 bits per heavy atom. The van der Waals surface area contributed by atoms with Gasteiger partial charge in [0, 0.05) is 19.4 Å². The lowest BCUT2D eigenvalue weighted by molar-refractivity contribution is -0.144. The molecule has 1 atom stereocenters. The Hall–Kier alpha value is -1.14. The standard InChI is InChI=1S/C39H77NO5/c1-4-7-10-12-13-14-15-24-35-44-38(42)29-19-16-22-31-40(33-34-41)32-23-17-20-30-39(43)45-36-25-21-28-37(26-9-6-3)27-18-11-8-5-2/h37,41H,4-36H2,1-3H3. The molecule has 0 aliphatic rings. The fraction of sp³-hybridized carbons (Fsp3) is 0.949. The minimum Gasteiger partial charge on any atom is -0.466 e. The first-order valence-electron chi connectivity index (χ1n) is 19.7. The fourth-order valence-corrected chi connectivity index (χ4v) is 6.11. The predicted octanol–water partition coefficient (Wildman–Crippen LogP) is 10.6. The molecule has 45 heavy (non-hydrogen) atoms. The van der Waals surface area contributed by atoms with Crippen molar-refractivity contribution in [1.29, 1.82) is 0 Å². The second kappa shape index (κ2) is 35.7. The maximum Gasteiger partial charge on any atom is 0.305 e. The van der Waals surface area contributed by atoms with E-state index in [0.717, 1.165) is 76.8 Å². The highest BCUT2D eigenvalue weighted by molar-refractivity contribution is 5.69. The molecule has 0 bridgehead atoms. The van der Waals surface area contributed by atoms with E-state index in [1.54, 1.807) is 0 Å². The quantitative estimate of drug-likeness (QED) is 0.0543. The predicted molar refractivity (Wildman–Crippen MR) is 191 cm³/mol. The minimum absolute atomic E-state index is 0.0550. The molecule has 0 aromatic carbocycles. The topological polar surface area (TPSA) is 76.1 Å². The molecule has 6 nitrogen and oxygen atoms in total. The van der Waals surface area contributed by atoms with Crippen LogP contribution in [0.25, 0.3) is 0 Å². The Kier molecular flexibility index (Phi) is 34.8. The summed E-state index contributed by atoms with van der Waals surface area (Å²) in [5.74, 6) is 0.731. The number of hydrogen-bond donors (Lipinski definition) is 1. The normalized spacial score (nSPS) is 12.1. The van der Waals surface area contributed by atoms with Gasteiger partial charge in [0.2, 0.25) is 0 Å². The number of hydrogen-bond acceptors (Lipinski definition) is 6. The Morgan fingerprint density at radius 3 is 1.40 bits per heavy atom. The number of ether oxygens (including phenoxy) is 2. The maximum atomic E-state index is 12.2. The number of rotatable bonds is 36. The zero-order chi connectivity index (χ0) is 33.1. The zero-order valence-corrected chi connectivity index (χ0v) is 30.4. The second-order valence-electron chi connectivity index (χ2n) is 13.5. The maximum absolute atomic E-state index is 12.2. The third-order valence-electron chi connectivity index (χ3n) is 9.09. The van der Waals surface area contributed by atoms with Crippen LogP contribution in [0.4, 0.5) is 0 Å². The van der Waals surface area contributed by atoms with Crippen molar-refractivity contribution in [1.82, 2.24) is 4.90 Å².